The van der Waals surface area contributed by atoms with E-state index in [1.165, 1.54) is 24.2 Å². The van der Waals surface area contributed by atoms with Crippen molar-refractivity contribution in [2.24, 2.45) is 0 Å². The fraction of sp³-hybridized carbons (Fsp3) is 0.500. The molecule has 0 saturated carbocycles. The minimum Gasteiger partial charge on any atom is -0.494 e. The van der Waals surface area contributed by atoms with E-state index in [1.54, 1.807) is 0 Å². The molecule has 0 atom stereocenters. The number of carbonyl (C=O) groups is 1. The Morgan fingerprint density at radius 3 is 2.92 bits per heavy atom. The van der Waals surface area contributed by atoms with E-state index in [0.717, 1.165) is 29.2 Å². The summed E-state index contributed by atoms with van der Waals surface area (Å²) in [5, 5.41) is 12.5. The Balaban J connectivity index is 1.64. The number of amides is 1. The Bertz CT molecular complexity index is 643. The minimum absolute atomic E-state index is 0.0425. The Morgan fingerprint density at radius 2 is 2.12 bits per heavy atom. The third kappa shape index (κ3) is 6.66. The van der Waals surface area contributed by atoms with Gasteiger partial charge in [-0.2, -0.15) is 0 Å². The number of unbranched alkanes of at least 4 members (excludes halogenated alkanes) is 2. The van der Waals surface area contributed by atoms with Crippen molar-refractivity contribution in [3.63, 3.8) is 0 Å². The molecule has 5 nitrogen and oxygen atoms in total. The Labute approximate surface area is 147 Å². The number of aromatic nitrogens is 2. The molecule has 0 radical (unpaired) electrons. The van der Waals surface area contributed by atoms with Gasteiger partial charge in [-0.25, -0.2) is 0 Å². The normalized spacial score (nSPS) is 10.6. The second-order valence-corrected chi connectivity index (χ2v) is 6.84. The van der Waals surface area contributed by atoms with E-state index in [-0.39, 0.29) is 5.91 Å². The van der Waals surface area contributed by atoms with Crippen LogP contribution in [0.15, 0.2) is 24.3 Å². The van der Waals surface area contributed by atoms with Crippen LogP contribution in [-0.2, 0) is 11.2 Å². The van der Waals surface area contributed by atoms with Gasteiger partial charge in [0, 0.05) is 12.8 Å². The lowest BCUT2D eigenvalue weighted by Gasteiger charge is -2.06. The van der Waals surface area contributed by atoms with Gasteiger partial charge in [-0.3, -0.25) is 4.79 Å². The summed E-state index contributed by atoms with van der Waals surface area (Å²) in [5.74, 6) is 0.801. The van der Waals surface area contributed by atoms with Crippen LogP contribution in [0.25, 0.3) is 0 Å². The Hall–Kier alpha value is -1.95. The standard InChI is InChI=1S/C18H25N3O2S/c1-3-4-5-11-17-20-21-18(24-17)19-16(22)10-7-12-23-15-9-6-8-14(2)13-15/h6,8-9,13H,3-5,7,10-12H2,1-2H3,(H,19,21,22). The molecule has 1 aromatic heterocycles. The molecular formula is C18H25N3O2S. The monoisotopic (exact) mass is 347 g/mol. The van der Waals surface area contributed by atoms with Gasteiger partial charge in [-0.15, -0.1) is 10.2 Å². The quantitative estimate of drug-likeness (QED) is 0.648. The van der Waals surface area contributed by atoms with Crippen LogP contribution in [-0.4, -0.2) is 22.7 Å². The van der Waals surface area contributed by atoms with Gasteiger partial charge < -0.3 is 10.1 Å². The molecule has 0 bridgehead atoms. The van der Waals surface area contributed by atoms with E-state index in [4.69, 9.17) is 4.74 Å². The second kappa shape index (κ2) is 10.0. The first-order valence-electron chi connectivity index (χ1n) is 8.49. The second-order valence-electron chi connectivity index (χ2n) is 5.77. The molecule has 2 aromatic rings. The molecule has 1 amide bonds. The number of nitrogens with one attached hydrogen (secondary N) is 1. The third-order valence-corrected chi connectivity index (χ3v) is 4.41. The average Bonchev–Trinajstić information content (AvgIpc) is 2.99. The number of ether oxygens (including phenoxy) is 1. The number of benzene rings is 1. The van der Waals surface area contributed by atoms with Crippen molar-refractivity contribution in [2.45, 2.75) is 52.4 Å². The smallest absolute Gasteiger partial charge is 0.226 e. The summed E-state index contributed by atoms with van der Waals surface area (Å²) in [5.41, 5.74) is 1.16. The van der Waals surface area contributed by atoms with Crippen molar-refractivity contribution in [2.75, 3.05) is 11.9 Å². The predicted molar refractivity (Wildman–Crippen MR) is 97.7 cm³/mol. The lowest BCUT2D eigenvalue weighted by Crippen LogP contribution is -2.12. The maximum Gasteiger partial charge on any atom is 0.226 e. The topological polar surface area (TPSA) is 64.1 Å². The summed E-state index contributed by atoms with van der Waals surface area (Å²) in [4.78, 5) is 11.9. The molecule has 0 fully saturated rings. The Morgan fingerprint density at radius 1 is 1.25 bits per heavy atom. The molecule has 130 valence electrons. The maximum absolute atomic E-state index is 11.9. The van der Waals surface area contributed by atoms with E-state index < -0.39 is 0 Å². The zero-order valence-electron chi connectivity index (χ0n) is 14.4. The molecule has 2 rings (SSSR count). The predicted octanol–water partition coefficient (Wildman–Crippen LogP) is 4.38. The van der Waals surface area contributed by atoms with Gasteiger partial charge in [-0.05, 0) is 37.5 Å². The SMILES string of the molecule is CCCCCc1nnc(NC(=O)CCCOc2cccc(C)c2)s1. The van der Waals surface area contributed by atoms with Gasteiger partial charge in [-0.1, -0.05) is 43.2 Å². The largest absolute Gasteiger partial charge is 0.494 e. The van der Waals surface area contributed by atoms with Crippen molar-refractivity contribution >= 4 is 22.4 Å². The molecule has 0 saturated heterocycles. The van der Waals surface area contributed by atoms with Crippen molar-refractivity contribution in [1.82, 2.24) is 10.2 Å². The number of hydrogen-bond acceptors (Lipinski definition) is 5. The fourth-order valence-corrected chi connectivity index (χ4v) is 3.04. The van der Waals surface area contributed by atoms with Crippen LogP contribution in [0.2, 0.25) is 0 Å². The maximum atomic E-state index is 11.9. The van der Waals surface area contributed by atoms with Gasteiger partial charge in [0.2, 0.25) is 11.0 Å². The van der Waals surface area contributed by atoms with E-state index in [9.17, 15) is 4.79 Å². The highest BCUT2D eigenvalue weighted by Crippen LogP contribution is 2.18. The Kier molecular flexibility index (Phi) is 7.68. The lowest BCUT2D eigenvalue weighted by atomic mass is 10.2. The number of hydrogen-bond donors (Lipinski definition) is 1. The van der Waals surface area contributed by atoms with Crippen molar-refractivity contribution in [3.05, 3.63) is 34.8 Å². The number of rotatable bonds is 10. The summed E-state index contributed by atoms with van der Waals surface area (Å²) in [6.07, 6.45) is 5.52. The van der Waals surface area contributed by atoms with Crippen LogP contribution in [0.4, 0.5) is 5.13 Å². The van der Waals surface area contributed by atoms with E-state index in [2.05, 4.69) is 22.4 Å². The highest BCUT2D eigenvalue weighted by atomic mass is 32.1. The summed E-state index contributed by atoms with van der Waals surface area (Å²) in [6.45, 7) is 4.72. The van der Waals surface area contributed by atoms with Crippen LogP contribution in [0.5, 0.6) is 5.75 Å². The van der Waals surface area contributed by atoms with Crippen LogP contribution in [0.1, 0.15) is 49.6 Å². The van der Waals surface area contributed by atoms with Gasteiger partial charge in [0.15, 0.2) is 0 Å². The first kappa shape index (κ1) is 18.4. The highest BCUT2D eigenvalue weighted by molar-refractivity contribution is 7.15. The van der Waals surface area contributed by atoms with Crippen molar-refractivity contribution < 1.29 is 9.53 Å². The van der Waals surface area contributed by atoms with Crippen molar-refractivity contribution in [3.8, 4) is 5.75 Å². The highest BCUT2D eigenvalue weighted by Gasteiger charge is 2.08. The van der Waals surface area contributed by atoms with Gasteiger partial charge in [0.25, 0.3) is 0 Å². The lowest BCUT2D eigenvalue weighted by molar-refractivity contribution is -0.116. The molecule has 0 unspecified atom stereocenters. The molecule has 24 heavy (non-hydrogen) atoms. The zero-order chi connectivity index (χ0) is 17.2. The molecule has 1 N–H and O–H groups in total. The van der Waals surface area contributed by atoms with Crippen LogP contribution in [0, 0.1) is 6.92 Å². The van der Waals surface area contributed by atoms with Gasteiger partial charge in [0.05, 0.1) is 6.61 Å². The molecule has 0 aliphatic carbocycles. The molecule has 0 aliphatic heterocycles. The summed E-state index contributed by atoms with van der Waals surface area (Å²) in [7, 11) is 0. The van der Waals surface area contributed by atoms with Crippen LogP contribution < -0.4 is 10.1 Å². The van der Waals surface area contributed by atoms with Crippen molar-refractivity contribution in [1.29, 1.82) is 0 Å². The first-order valence-corrected chi connectivity index (χ1v) is 9.30. The molecule has 6 heteroatoms. The third-order valence-electron chi connectivity index (χ3n) is 3.51. The van der Waals surface area contributed by atoms with Gasteiger partial charge >= 0.3 is 0 Å². The fourth-order valence-electron chi connectivity index (χ4n) is 2.24. The molecule has 0 spiro atoms. The molecule has 0 aliphatic rings. The molecular weight excluding hydrogens is 322 g/mol. The number of anilines is 1. The summed E-state index contributed by atoms with van der Waals surface area (Å²) >= 11 is 1.46. The van der Waals surface area contributed by atoms with E-state index in [1.807, 2.05) is 31.2 Å². The number of carbonyl (C=O) groups excluding carboxylic acids is 1. The van der Waals surface area contributed by atoms with Crippen LogP contribution in [0.3, 0.4) is 0 Å². The van der Waals surface area contributed by atoms with E-state index >= 15 is 0 Å². The molecule has 1 aromatic carbocycles. The molecule has 1 heterocycles. The first-order chi connectivity index (χ1) is 11.7. The van der Waals surface area contributed by atoms with Gasteiger partial charge in [0.1, 0.15) is 10.8 Å². The minimum atomic E-state index is -0.0425. The van der Waals surface area contributed by atoms with Crippen LogP contribution >= 0.6 is 11.3 Å². The summed E-state index contributed by atoms with van der Waals surface area (Å²) in [6, 6.07) is 7.90. The zero-order valence-corrected chi connectivity index (χ0v) is 15.2. The van der Waals surface area contributed by atoms with E-state index in [0.29, 0.717) is 24.6 Å². The number of nitrogens with zero attached hydrogens (tertiary/aromatic N) is 2. The number of aryl methyl sites for hydroxylation is 2. The average molecular weight is 347 g/mol. The summed E-state index contributed by atoms with van der Waals surface area (Å²) < 4.78 is 5.64.